The number of rotatable bonds is 3. The molecule has 0 unspecified atom stereocenters. The molecule has 4 nitrogen and oxygen atoms in total. The molecule has 0 aliphatic carbocycles. The smallest absolute Gasteiger partial charge is 0.276 e. The number of fused-ring (bicyclic) bond motifs is 1. The first-order chi connectivity index (χ1) is 9.78. The van der Waals surface area contributed by atoms with E-state index in [9.17, 15) is 4.79 Å². The maximum atomic E-state index is 12.3. The first-order valence-electron chi connectivity index (χ1n) is 6.22. The van der Waals surface area contributed by atoms with Gasteiger partial charge in [0.15, 0.2) is 5.69 Å². The summed E-state index contributed by atoms with van der Waals surface area (Å²) in [4.78, 5) is 12.3. The third-order valence-electron chi connectivity index (χ3n) is 3.05. The van der Waals surface area contributed by atoms with E-state index < -0.39 is 0 Å². The summed E-state index contributed by atoms with van der Waals surface area (Å²) in [5, 5.41) is 10.6. The summed E-state index contributed by atoms with van der Waals surface area (Å²) >= 11 is 4.23. The second kappa shape index (κ2) is 5.38. The first kappa shape index (κ1) is 12.7. The molecule has 0 saturated heterocycles. The molecule has 0 atom stereocenters. The number of carbonyl (C=O) groups excluding carboxylic acids is 1. The van der Waals surface area contributed by atoms with Crippen molar-refractivity contribution >= 4 is 35.1 Å². The highest BCUT2D eigenvalue weighted by molar-refractivity contribution is 7.79. The van der Waals surface area contributed by atoms with Crippen molar-refractivity contribution in [1.82, 2.24) is 10.2 Å². The van der Waals surface area contributed by atoms with Gasteiger partial charge in [0, 0.05) is 16.8 Å². The fourth-order valence-electron chi connectivity index (χ4n) is 2.07. The molecule has 1 amide bonds. The minimum atomic E-state index is -0.223. The average molecular weight is 283 g/mol. The number of thiol groups is 1. The van der Waals surface area contributed by atoms with Crippen LogP contribution in [0.3, 0.4) is 0 Å². The predicted octanol–water partition coefficient (Wildman–Crippen LogP) is 3.25. The molecule has 0 aliphatic rings. The van der Waals surface area contributed by atoms with Gasteiger partial charge in [0.2, 0.25) is 0 Å². The number of H-pyrrole nitrogens is 1. The van der Waals surface area contributed by atoms with Crippen molar-refractivity contribution < 1.29 is 4.79 Å². The SMILES string of the molecule is O=C(Nc1cccc(CS)c1)c1n[nH]c2ccccc12. The van der Waals surface area contributed by atoms with Gasteiger partial charge in [0.1, 0.15) is 0 Å². The fraction of sp³-hybridized carbons (Fsp3) is 0.0667. The number of hydrogen-bond acceptors (Lipinski definition) is 3. The molecule has 0 radical (unpaired) electrons. The number of aromatic amines is 1. The second-order valence-corrected chi connectivity index (χ2v) is 4.75. The summed E-state index contributed by atoms with van der Waals surface area (Å²) in [6, 6.07) is 15.2. The third-order valence-corrected chi connectivity index (χ3v) is 3.42. The van der Waals surface area contributed by atoms with Crippen molar-refractivity contribution in [2.45, 2.75) is 5.75 Å². The molecule has 0 spiro atoms. The van der Waals surface area contributed by atoms with E-state index in [2.05, 4.69) is 28.1 Å². The third kappa shape index (κ3) is 2.40. The van der Waals surface area contributed by atoms with Crippen molar-refractivity contribution in [1.29, 1.82) is 0 Å². The molecule has 20 heavy (non-hydrogen) atoms. The Bertz CT molecular complexity index is 766. The summed E-state index contributed by atoms with van der Waals surface area (Å²) < 4.78 is 0. The summed E-state index contributed by atoms with van der Waals surface area (Å²) in [5.74, 6) is 0.411. The van der Waals surface area contributed by atoms with Crippen molar-refractivity contribution in [2.24, 2.45) is 0 Å². The number of amides is 1. The Balaban J connectivity index is 1.89. The molecule has 1 heterocycles. The van der Waals surface area contributed by atoms with Crippen LogP contribution in [-0.4, -0.2) is 16.1 Å². The summed E-state index contributed by atoms with van der Waals surface area (Å²) in [6.45, 7) is 0. The first-order valence-corrected chi connectivity index (χ1v) is 6.85. The molecule has 100 valence electrons. The van der Waals surface area contributed by atoms with Crippen LogP contribution in [-0.2, 0) is 5.75 Å². The Hall–Kier alpha value is -2.27. The Morgan fingerprint density at radius 3 is 2.90 bits per heavy atom. The van der Waals surface area contributed by atoms with Crippen molar-refractivity contribution in [3.05, 3.63) is 59.8 Å². The van der Waals surface area contributed by atoms with Crippen LogP contribution >= 0.6 is 12.6 Å². The monoisotopic (exact) mass is 283 g/mol. The van der Waals surface area contributed by atoms with Crippen LogP contribution in [0, 0.1) is 0 Å². The van der Waals surface area contributed by atoms with Crippen LogP contribution in [0.5, 0.6) is 0 Å². The lowest BCUT2D eigenvalue weighted by Gasteiger charge is -2.05. The normalized spacial score (nSPS) is 10.7. The molecule has 2 N–H and O–H groups in total. The lowest BCUT2D eigenvalue weighted by Crippen LogP contribution is -2.12. The minimum absolute atomic E-state index is 0.223. The highest BCUT2D eigenvalue weighted by Gasteiger charge is 2.13. The quantitative estimate of drug-likeness (QED) is 0.646. The van der Waals surface area contributed by atoms with Gasteiger partial charge in [-0.2, -0.15) is 17.7 Å². The molecule has 0 saturated carbocycles. The van der Waals surface area contributed by atoms with Crippen molar-refractivity contribution in [3.8, 4) is 0 Å². The second-order valence-electron chi connectivity index (χ2n) is 4.43. The number of benzene rings is 2. The zero-order valence-electron chi connectivity index (χ0n) is 10.6. The molecule has 3 rings (SSSR count). The number of aromatic nitrogens is 2. The van der Waals surface area contributed by atoms with Gasteiger partial charge >= 0.3 is 0 Å². The van der Waals surface area contributed by atoms with E-state index in [-0.39, 0.29) is 5.91 Å². The highest BCUT2D eigenvalue weighted by Crippen LogP contribution is 2.18. The van der Waals surface area contributed by atoms with Crippen LogP contribution in [0.4, 0.5) is 5.69 Å². The number of nitrogens with zero attached hydrogens (tertiary/aromatic N) is 1. The molecule has 0 bridgehead atoms. The van der Waals surface area contributed by atoms with Gasteiger partial charge < -0.3 is 5.32 Å². The number of nitrogens with one attached hydrogen (secondary N) is 2. The number of anilines is 1. The fourth-order valence-corrected chi connectivity index (χ4v) is 2.27. The summed E-state index contributed by atoms with van der Waals surface area (Å²) in [7, 11) is 0. The molecule has 0 aliphatic heterocycles. The molecule has 3 aromatic rings. The Kier molecular flexibility index (Phi) is 3.43. The average Bonchev–Trinajstić information content (AvgIpc) is 2.91. The lowest BCUT2D eigenvalue weighted by atomic mass is 10.2. The van der Waals surface area contributed by atoms with E-state index in [1.54, 1.807) is 0 Å². The van der Waals surface area contributed by atoms with Gasteiger partial charge in [0.05, 0.1) is 5.52 Å². The van der Waals surface area contributed by atoms with E-state index >= 15 is 0 Å². The van der Waals surface area contributed by atoms with Gasteiger partial charge in [-0.1, -0.05) is 30.3 Å². The molecular weight excluding hydrogens is 270 g/mol. The minimum Gasteiger partial charge on any atom is -0.321 e. The van der Waals surface area contributed by atoms with Gasteiger partial charge in [0.25, 0.3) is 5.91 Å². The zero-order chi connectivity index (χ0) is 13.9. The van der Waals surface area contributed by atoms with E-state index in [1.165, 1.54) is 0 Å². The maximum Gasteiger partial charge on any atom is 0.276 e. The van der Waals surface area contributed by atoms with Gasteiger partial charge in [-0.15, -0.1) is 0 Å². The molecule has 1 aromatic heterocycles. The van der Waals surface area contributed by atoms with Gasteiger partial charge in [-0.05, 0) is 23.8 Å². The largest absolute Gasteiger partial charge is 0.321 e. The Labute approximate surface area is 121 Å². The topological polar surface area (TPSA) is 57.8 Å². The van der Waals surface area contributed by atoms with E-state index in [0.29, 0.717) is 11.4 Å². The van der Waals surface area contributed by atoms with Gasteiger partial charge in [-0.25, -0.2) is 0 Å². The van der Waals surface area contributed by atoms with Crippen LogP contribution in [0.25, 0.3) is 10.9 Å². The zero-order valence-corrected chi connectivity index (χ0v) is 11.5. The number of carbonyl (C=O) groups is 1. The Morgan fingerprint density at radius 1 is 1.20 bits per heavy atom. The van der Waals surface area contributed by atoms with E-state index in [1.807, 2.05) is 48.5 Å². The molecular formula is C15H13N3OS. The molecule has 5 heteroatoms. The predicted molar refractivity (Wildman–Crippen MR) is 83.2 cm³/mol. The van der Waals surface area contributed by atoms with Gasteiger partial charge in [-0.3, -0.25) is 9.89 Å². The van der Waals surface area contributed by atoms with Crippen LogP contribution in [0.15, 0.2) is 48.5 Å². The summed E-state index contributed by atoms with van der Waals surface area (Å²) in [5.41, 5.74) is 3.05. The van der Waals surface area contributed by atoms with E-state index in [0.717, 1.165) is 22.2 Å². The van der Waals surface area contributed by atoms with Crippen molar-refractivity contribution in [3.63, 3.8) is 0 Å². The van der Waals surface area contributed by atoms with E-state index in [4.69, 9.17) is 0 Å². The maximum absolute atomic E-state index is 12.3. The van der Waals surface area contributed by atoms with Crippen LogP contribution < -0.4 is 5.32 Å². The van der Waals surface area contributed by atoms with Crippen LogP contribution in [0.2, 0.25) is 0 Å². The lowest BCUT2D eigenvalue weighted by molar-refractivity contribution is 0.102. The highest BCUT2D eigenvalue weighted by atomic mass is 32.1. The summed E-state index contributed by atoms with van der Waals surface area (Å²) in [6.07, 6.45) is 0. The molecule has 0 fully saturated rings. The van der Waals surface area contributed by atoms with Crippen LogP contribution in [0.1, 0.15) is 16.1 Å². The number of hydrogen-bond donors (Lipinski definition) is 3. The van der Waals surface area contributed by atoms with Crippen molar-refractivity contribution in [2.75, 3.05) is 5.32 Å². The Morgan fingerprint density at radius 2 is 2.05 bits per heavy atom. The standard InChI is InChI=1S/C15H13N3OS/c19-15(16-11-5-3-4-10(8-11)9-20)14-12-6-1-2-7-13(12)17-18-14/h1-8,20H,9H2,(H,16,19)(H,17,18). The molecule has 2 aromatic carbocycles. The number of para-hydroxylation sites is 1.